The zero-order valence-electron chi connectivity index (χ0n) is 38.8. The number of hydrogen-bond acceptors (Lipinski definition) is 4. The van der Waals surface area contributed by atoms with Gasteiger partial charge in [-0.3, -0.25) is 0 Å². The quantitative estimate of drug-likeness (QED) is 0.156. The average molecular weight is 887 g/mol. The summed E-state index contributed by atoms with van der Waals surface area (Å²) in [6.07, 6.45) is 0. The van der Waals surface area contributed by atoms with Crippen LogP contribution < -0.4 is 9.80 Å². The van der Waals surface area contributed by atoms with E-state index in [0.717, 1.165) is 78.0 Å². The van der Waals surface area contributed by atoms with Crippen LogP contribution in [-0.4, -0.2) is 0 Å². The molecule has 0 radical (unpaired) electrons. The van der Waals surface area contributed by atoms with Gasteiger partial charge in [0, 0.05) is 49.7 Å². The molecule has 0 amide bonds. The number of para-hydroxylation sites is 6. The minimum atomic E-state index is -0.319. The van der Waals surface area contributed by atoms with Crippen LogP contribution in [0, 0.1) is 13.8 Å². The van der Waals surface area contributed by atoms with Gasteiger partial charge in [0.25, 0.3) is 0 Å². The summed E-state index contributed by atoms with van der Waals surface area (Å²) >= 11 is 0. The van der Waals surface area contributed by atoms with Crippen LogP contribution in [0.5, 0.6) is 0 Å². The zero-order chi connectivity index (χ0) is 46.1. The lowest BCUT2D eigenvalue weighted by Gasteiger charge is -2.29. The Morgan fingerprint density at radius 3 is 1.42 bits per heavy atom. The molecule has 0 bridgehead atoms. The zero-order valence-corrected chi connectivity index (χ0v) is 38.8. The molecule has 69 heavy (non-hydrogen) atoms. The van der Waals surface area contributed by atoms with E-state index in [2.05, 4.69) is 232 Å². The van der Waals surface area contributed by atoms with Crippen LogP contribution in [0.2, 0.25) is 0 Å². The molecule has 13 aromatic rings. The Bertz CT molecular complexity index is 4280. The van der Waals surface area contributed by atoms with Crippen molar-refractivity contribution in [3.63, 3.8) is 0 Å². The third kappa shape index (κ3) is 5.69. The van der Waals surface area contributed by atoms with Crippen molar-refractivity contribution in [1.82, 2.24) is 0 Å². The van der Waals surface area contributed by atoms with E-state index in [1.807, 2.05) is 12.1 Å². The normalized spacial score (nSPS) is 13.0. The molecule has 2 aromatic heterocycles. The first-order valence-electron chi connectivity index (χ1n) is 23.9. The predicted octanol–water partition coefficient (Wildman–Crippen LogP) is 18.8. The molecule has 4 heteroatoms. The van der Waals surface area contributed by atoms with E-state index in [4.69, 9.17) is 8.83 Å². The Balaban J connectivity index is 0.959. The average Bonchev–Trinajstić information content (AvgIpc) is 4.04. The molecule has 0 fully saturated rings. The van der Waals surface area contributed by atoms with Crippen molar-refractivity contribution in [2.45, 2.75) is 33.1 Å². The van der Waals surface area contributed by atoms with E-state index in [-0.39, 0.29) is 5.41 Å². The Kier molecular flexibility index (Phi) is 8.43. The van der Waals surface area contributed by atoms with E-state index in [1.54, 1.807) is 0 Å². The molecular formula is C65H46N2O2. The van der Waals surface area contributed by atoms with Crippen LogP contribution in [0.15, 0.2) is 215 Å². The number of aryl methyl sites for hydroxylation is 2. The summed E-state index contributed by atoms with van der Waals surface area (Å²) < 4.78 is 13.4. The van der Waals surface area contributed by atoms with E-state index in [1.165, 1.54) is 65.7 Å². The van der Waals surface area contributed by atoms with Crippen molar-refractivity contribution >= 4 is 110 Å². The van der Waals surface area contributed by atoms with E-state index in [9.17, 15) is 0 Å². The molecule has 0 N–H and O–H groups in total. The SMILES string of the molecule is Cc1ccccc1N(c1ccc2c3c(ccc2c1)-c1c(c2ccc(N(c4ccccc4C)c4cccc5c4oc4ccccc45)cc2c2ccccc12)C3(C)C)c1cccc2c1oc1ccccc12. The number of anilines is 6. The Hall–Kier alpha value is -8.60. The Morgan fingerprint density at radius 1 is 0.348 bits per heavy atom. The second-order valence-corrected chi connectivity index (χ2v) is 19.3. The van der Waals surface area contributed by atoms with Gasteiger partial charge >= 0.3 is 0 Å². The maximum Gasteiger partial charge on any atom is 0.159 e. The number of nitrogens with zero attached hydrogens (tertiary/aromatic N) is 2. The predicted molar refractivity (Wildman–Crippen MR) is 290 cm³/mol. The van der Waals surface area contributed by atoms with Crippen molar-refractivity contribution in [2.24, 2.45) is 0 Å². The molecule has 2 heterocycles. The highest BCUT2D eigenvalue weighted by atomic mass is 16.3. The summed E-state index contributed by atoms with van der Waals surface area (Å²) in [6, 6.07) is 74.9. The molecule has 4 nitrogen and oxygen atoms in total. The number of fused-ring (bicyclic) bond motifs is 16. The minimum Gasteiger partial charge on any atom is -0.454 e. The molecule has 1 aliphatic carbocycles. The van der Waals surface area contributed by atoms with Gasteiger partial charge in [0.2, 0.25) is 0 Å². The maximum atomic E-state index is 6.71. The smallest absolute Gasteiger partial charge is 0.159 e. The number of rotatable bonds is 6. The van der Waals surface area contributed by atoms with Crippen molar-refractivity contribution < 1.29 is 8.83 Å². The van der Waals surface area contributed by atoms with Gasteiger partial charge < -0.3 is 18.6 Å². The fourth-order valence-electron chi connectivity index (χ4n) is 12.0. The Morgan fingerprint density at radius 2 is 0.826 bits per heavy atom. The maximum absolute atomic E-state index is 6.71. The molecule has 328 valence electrons. The molecule has 0 unspecified atom stereocenters. The lowest BCUT2D eigenvalue weighted by atomic mass is 9.77. The second-order valence-electron chi connectivity index (χ2n) is 19.3. The standard InChI is InChI=1S/C65H46N2O2/c1-39-17-5-11-25-54(39)66(56-27-15-23-50-46-20-9-13-29-58(46)68-63(50)56)42-32-35-44-41(37-42)31-34-52-60-48-22-8-7-19-45(48)53-38-43(33-36-49(53)62(60)65(3,4)61(44)52)67(55-26-12-6-18-40(55)2)57-28-16-24-51-47-21-10-14-30-59(47)69-64(51)57/h5-38H,1-4H3. The van der Waals surface area contributed by atoms with E-state index < -0.39 is 0 Å². The van der Waals surface area contributed by atoms with Gasteiger partial charge in [-0.15, -0.1) is 0 Å². The van der Waals surface area contributed by atoms with Gasteiger partial charge in [-0.2, -0.15) is 0 Å². The summed E-state index contributed by atoms with van der Waals surface area (Å²) in [5.41, 5.74) is 17.4. The molecule has 0 spiro atoms. The molecule has 0 aliphatic heterocycles. The van der Waals surface area contributed by atoms with Gasteiger partial charge in [-0.25, -0.2) is 0 Å². The molecule has 1 aliphatic rings. The summed E-state index contributed by atoms with van der Waals surface area (Å²) in [4.78, 5) is 4.77. The highest BCUT2D eigenvalue weighted by Gasteiger charge is 2.40. The highest BCUT2D eigenvalue weighted by molar-refractivity contribution is 6.21. The summed E-state index contributed by atoms with van der Waals surface area (Å²) in [5, 5.41) is 11.9. The fourth-order valence-corrected chi connectivity index (χ4v) is 12.0. The molecule has 11 aromatic carbocycles. The first-order valence-corrected chi connectivity index (χ1v) is 23.9. The fraction of sp³-hybridized carbons (Fsp3) is 0.0769. The summed E-state index contributed by atoms with van der Waals surface area (Å²) in [5.74, 6) is 0. The lowest BCUT2D eigenvalue weighted by molar-refractivity contribution is 0.668. The molecular weight excluding hydrogens is 841 g/mol. The molecule has 14 rings (SSSR count). The van der Waals surface area contributed by atoms with E-state index in [0.29, 0.717) is 0 Å². The Labute approximate surface area is 399 Å². The van der Waals surface area contributed by atoms with Crippen LogP contribution in [-0.2, 0) is 5.41 Å². The molecule has 0 saturated heterocycles. The second kappa shape index (κ2) is 14.7. The lowest BCUT2D eigenvalue weighted by Crippen LogP contribution is -2.17. The van der Waals surface area contributed by atoms with Crippen LogP contribution >= 0.6 is 0 Å². The monoisotopic (exact) mass is 886 g/mol. The summed E-state index contributed by atoms with van der Waals surface area (Å²) in [6.45, 7) is 9.24. The van der Waals surface area contributed by atoms with Crippen molar-refractivity contribution in [3.05, 3.63) is 229 Å². The third-order valence-electron chi connectivity index (χ3n) is 15.0. The van der Waals surface area contributed by atoms with Crippen LogP contribution in [0.3, 0.4) is 0 Å². The number of furan rings is 2. The van der Waals surface area contributed by atoms with Gasteiger partial charge in [-0.05, 0) is 140 Å². The van der Waals surface area contributed by atoms with Crippen molar-refractivity contribution in [2.75, 3.05) is 9.80 Å². The van der Waals surface area contributed by atoms with Gasteiger partial charge in [-0.1, -0.05) is 159 Å². The van der Waals surface area contributed by atoms with E-state index >= 15 is 0 Å². The first-order chi connectivity index (χ1) is 33.8. The van der Waals surface area contributed by atoms with Crippen LogP contribution in [0.4, 0.5) is 34.1 Å². The minimum absolute atomic E-state index is 0.319. The largest absolute Gasteiger partial charge is 0.454 e. The van der Waals surface area contributed by atoms with Gasteiger partial charge in [0.05, 0.1) is 11.4 Å². The topological polar surface area (TPSA) is 32.8 Å². The summed E-state index contributed by atoms with van der Waals surface area (Å²) in [7, 11) is 0. The number of benzene rings is 11. The highest BCUT2D eigenvalue weighted by Crippen LogP contribution is 2.57. The van der Waals surface area contributed by atoms with Crippen LogP contribution in [0.25, 0.3) is 87.3 Å². The molecule has 0 atom stereocenters. The first kappa shape index (κ1) is 39.6. The van der Waals surface area contributed by atoms with Gasteiger partial charge in [0.15, 0.2) is 11.2 Å². The third-order valence-corrected chi connectivity index (χ3v) is 15.0. The molecule has 0 saturated carbocycles. The van der Waals surface area contributed by atoms with Crippen LogP contribution in [0.1, 0.15) is 36.1 Å². The number of hydrogen-bond donors (Lipinski definition) is 0. The van der Waals surface area contributed by atoms with Crippen molar-refractivity contribution in [3.8, 4) is 11.1 Å². The van der Waals surface area contributed by atoms with Crippen molar-refractivity contribution in [1.29, 1.82) is 0 Å². The van der Waals surface area contributed by atoms with Gasteiger partial charge in [0.1, 0.15) is 11.2 Å².